The summed E-state index contributed by atoms with van der Waals surface area (Å²) in [5.74, 6) is -0.329. The molecule has 1 saturated heterocycles. The minimum absolute atomic E-state index is 0.0246. The Labute approximate surface area is 150 Å². The minimum atomic E-state index is -3.07. The van der Waals surface area contributed by atoms with Gasteiger partial charge in [-0.3, -0.25) is 0 Å². The zero-order valence-electron chi connectivity index (χ0n) is 12.6. The third kappa shape index (κ3) is 4.07. The summed E-state index contributed by atoms with van der Waals surface area (Å²) in [7, 11) is -3.07. The standard InChI is InChI=1S/C13H13BrFN5O4S/c14-9-5-7(1-2-10(9)15)16-12(18-21)11-13(20-24-19-11)17-8-3-4-25(22,23)6-8/h1-2,5,8,21H,3-4,6H2,(H,16,18)(H,17,20). The van der Waals surface area contributed by atoms with Gasteiger partial charge in [-0.2, -0.15) is 0 Å². The van der Waals surface area contributed by atoms with E-state index >= 15 is 0 Å². The first kappa shape index (κ1) is 17.6. The number of halogens is 2. The summed E-state index contributed by atoms with van der Waals surface area (Å²) in [6, 6.07) is 3.78. The van der Waals surface area contributed by atoms with Crippen LogP contribution in [0.4, 0.5) is 15.9 Å². The Hall–Kier alpha value is -2.21. The number of nitrogens with zero attached hydrogens (tertiary/aromatic N) is 3. The summed E-state index contributed by atoms with van der Waals surface area (Å²) < 4.78 is 41.2. The van der Waals surface area contributed by atoms with E-state index in [4.69, 9.17) is 0 Å². The third-order valence-corrected chi connectivity index (χ3v) is 5.94. The van der Waals surface area contributed by atoms with Crippen molar-refractivity contribution in [2.75, 3.05) is 22.1 Å². The second kappa shape index (κ2) is 6.96. The van der Waals surface area contributed by atoms with Crippen molar-refractivity contribution in [3.63, 3.8) is 0 Å². The smallest absolute Gasteiger partial charge is 0.203 e. The van der Waals surface area contributed by atoms with Gasteiger partial charge in [0, 0.05) is 11.7 Å². The number of nitrogens with one attached hydrogen (secondary N) is 2. The summed E-state index contributed by atoms with van der Waals surface area (Å²) in [5.41, 5.74) is 0.491. The van der Waals surface area contributed by atoms with Gasteiger partial charge in [0.05, 0.1) is 16.0 Å². The summed E-state index contributed by atoms with van der Waals surface area (Å²) in [6.07, 6.45) is 0.429. The highest BCUT2D eigenvalue weighted by Crippen LogP contribution is 2.22. The first-order chi connectivity index (χ1) is 11.9. The average Bonchev–Trinajstić information content (AvgIpc) is 3.15. The summed E-state index contributed by atoms with van der Waals surface area (Å²) in [5, 5.41) is 25.4. The van der Waals surface area contributed by atoms with E-state index < -0.39 is 15.7 Å². The van der Waals surface area contributed by atoms with Gasteiger partial charge in [0.1, 0.15) is 5.82 Å². The van der Waals surface area contributed by atoms with E-state index in [1.807, 2.05) is 0 Å². The predicted octanol–water partition coefficient (Wildman–Crippen LogP) is 1.82. The van der Waals surface area contributed by atoms with E-state index in [-0.39, 0.29) is 39.4 Å². The molecule has 9 nitrogen and oxygen atoms in total. The maximum atomic E-state index is 13.3. The van der Waals surface area contributed by atoms with Crippen molar-refractivity contribution in [3.05, 3.63) is 34.2 Å². The fourth-order valence-electron chi connectivity index (χ4n) is 2.38. The quantitative estimate of drug-likeness (QED) is 0.288. The Morgan fingerprint density at radius 2 is 2.24 bits per heavy atom. The van der Waals surface area contributed by atoms with Gasteiger partial charge in [0.2, 0.25) is 11.7 Å². The molecule has 25 heavy (non-hydrogen) atoms. The first-order valence-electron chi connectivity index (χ1n) is 7.12. The highest BCUT2D eigenvalue weighted by atomic mass is 79.9. The van der Waals surface area contributed by atoms with Crippen molar-refractivity contribution in [2.24, 2.45) is 5.16 Å². The Kier molecular flexibility index (Phi) is 4.90. The van der Waals surface area contributed by atoms with Crippen molar-refractivity contribution in [3.8, 4) is 0 Å². The molecule has 0 radical (unpaired) electrons. The number of hydrogen-bond acceptors (Lipinski definition) is 8. The molecule has 0 amide bonds. The van der Waals surface area contributed by atoms with Crippen molar-refractivity contribution in [1.82, 2.24) is 10.3 Å². The van der Waals surface area contributed by atoms with E-state index in [1.54, 1.807) is 0 Å². The van der Waals surface area contributed by atoms with Crippen LogP contribution in [0.1, 0.15) is 12.1 Å². The maximum Gasteiger partial charge on any atom is 0.203 e. The summed E-state index contributed by atoms with van der Waals surface area (Å²) >= 11 is 3.06. The number of sulfone groups is 1. The minimum Gasteiger partial charge on any atom is -0.409 e. The molecular weight excluding hydrogens is 421 g/mol. The molecule has 12 heteroatoms. The van der Waals surface area contributed by atoms with Crippen LogP contribution >= 0.6 is 15.9 Å². The lowest BCUT2D eigenvalue weighted by Gasteiger charge is -2.11. The number of benzene rings is 1. The Balaban J connectivity index is 1.78. The van der Waals surface area contributed by atoms with Crippen LogP contribution in [0.2, 0.25) is 0 Å². The van der Waals surface area contributed by atoms with Gasteiger partial charge in [-0.25, -0.2) is 17.4 Å². The third-order valence-electron chi connectivity index (χ3n) is 3.57. The molecule has 2 heterocycles. The molecule has 0 saturated carbocycles. The average molecular weight is 434 g/mol. The Morgan fingerprint density at radius 3 is 2.88 bits per heavy atom. The molecule has 3 rings (SSSR count). The van der Waals surface area contributed by atoms with E-state index in [2.05, 4.69) is 46.7 Å². The summed E-state index contributed by atoms with van der Waals surface area (Å²) in [4.78, 5) is 0. The Bertz CT molecular complexity index is 917. The van der Waals surface area contributed by atoms with Gasteiger partial charge >= 0.3 is 0 Å². The van der Waals surface area contributed by atoms with Crippen molar-refractivity contribution < 1.29 is 22.6 Å². The lowest BCUT2D eigenvalue weighted by atomic mass is 10.2. The van der Waals surface area contributed by atoms with Crippen LogP contribution in [0.25, 0.3) is 0 Å². The molecule has 0 spiro atoms. The highest BCUT2D eigenvalue weighted by molar-refractivity contribution is 9.10. The largest absolute Gasteiger partial charge is 0.409 e. The van der Waals surface area contributed by atoms with Crippen LogP contribution in [0.15, 0.2) is 32.5 Å². The zero-order valence-corrected chi connectivity index (χ0v) is 15.0. The van der Waals surface area contributed by atoms with Gasteiger partial charge in [-0.15, -0.1) is 0 Å². The van der Waals surface area contributed by atoms with Crippen molar-refractivity contribution in [1.29, 1.82) is 0 Å². The number of hydrogen-bond donors (Lipinski definition) is 3. The number of aromatic nitrogens is 2. The van der Waals surface area contributed by atoms with Crippen LogP contribution in [-0.4, -0.2) is 47.3 Å². The predicted molar refractivity (Wildman–Crippen MR) is 91.0 cm³/mol. The van der Waals surface area contributed by atoms with E-state index in [9.17, 15) is 18.0 Å². The lowest BCUT2D eigenvalue weighted by molar-refractivity contribution is 0.304. The van der Waals surface area contributed by atoms with Crippen LogP contribution in [0.3, 0.4) is 0 Å². The number of oxime groups is 1. The fraction of sp³-hybridized carbons (Fsp3) is 0.308. The normalized spacial score (nSPS) is 19.8. The molecule has 1 atom stereocenters. The van der Waals surface area contributed by atoms with Gasteiger partial charge in [-0.1, -0.05) is 5.16 Å². The van der Waals surface area contributed by atoms with E-state index in [0.717, 1.165) is 0 Å². The van der Waals surface area contributed by atoms with Crippen LogP contribution in [0.5, 0.6) is 0 Å². The molecule has 1 fully saturated rings. The first-order valence-corrected chi connectivity index (χ1v) is 9.73. The molecule has 1 unspecified atom stereocenters. The molecule has 1 aliphatic heterocycles. The zero-order chi connectivity index (χ0) is 18.0. The van der Waals surface area contributed by atoms with Gasteiger partial charge in [0.25, 0.3) is 0 Å². The number of rotatable bonds is 4. The molecule has 0 bridgehead atoms. The molecule has 1 aliphatic rings. The van der Waals surface area contributed by atoms with Crippen LogP contribution < -0.4 is 10.6 Å². The second-order valence-electron chi connectivity index (χ2n) is 5.41. The number of amidine groups is 1. The molecule has 1 aromatic heterocycles. The summed E-state index contributed by atoms with van der Waals surface area (Å²) in [6.45, 7) is 0. The van der Waals surface area contributed by atoms with Crippen LogP contribution in [-0.2, 0) is 9.84 Å². The van der Waals surface area contributed by atoms with Gasteiger partial charge < -0.3 is 15.8 Å². The monoisotopic (exact) mass is 433 g/mol. The molecule has 0 aliphatic carbocycles. The fourth-order valence-corrected chi connectivity index (χ4v) is 4.44. The van der Waals surface area contributed by atoms with E-state index in [0.29, 0.717) is 12.1 Å². The second-order valence-corrected chi connectivity index (χ2v) is 8.49. The molecule has 134 valence electrons. The SMILES string of the molecule is O=S1(=O)CCC(Nc2nonc2C(=NO)Nc2ccc(F)c(Br)c2)C1. The van der Waals surface area contributed by atoms with Crippen molar-refractivity contribution >= 4 is 43.1 Å². The maximum absolute atomic E-state index is 13.3. The molecule has 3 N–H and O–H groups in total. The molecular formula is C13H13BrFN5O4S. The Morgan fingerprint density at radius 1 is 1.44 bits per heavy atom. The van der Waals surface area contributed by atoms with Crippen LogP contribution in [0, 0.1) is 5.82 Å². The van der Waals surface area contributed by atoms with E-state index in [1.165, 1.54) is 18.2 Å². The number of anilines is 2. The molecule has 2 aromatic rings. The van der Waals surface area contributed by atoms with Gasteiger partial charge in [-0.05, 0) is 50.9 Å². The lowest BCUT2D eigenvalue weighted by Crippen LogP contribution is -2.23. The van der Waals surface area contributed by atoms with Gasteiger partial charge in [0.15, 0.2) is 15.5 Å². The highest BCUT2D eigenvalue weighted by Gasteiger charge is 2.30. The molecule has 1 aromatic carbocycles. The topological polar surface area (TPSA) is 130 Å². The van der Waals surface area contributed by atoms with Crippen molar-refractivity contribution in [2.45, 2.75) is 12.5 Å².